The number of rotatable bonds is 1. The van der Waals surface area contributed by atoms with Gasteiger partial charge in [-0.1, -0.05) is 32.4 Å². The summed E-state index contributed by atoms with van der Waals surface area (Å²) in [6.07, 6.45) is 6.47. The van der Waals surface area contributed by atoms with Gasteiger partial charge in [0.25, 0.3) is 0 Å². The molecule has 0 amide bonds. The number of hydrogen-bond donors (Lipinski definition) is 1. The van der Waals surface area contributed by atoms with Gasteiger partial charge in [0.2, 0.25) is 0 Å². The van der Waals surface area contributed by atoms with Crippen LogP contribution in [0.4, 0.5) is 4.39 Å². The first-order valence-electron chi connectivity index (χ1n) is 7.97. The maximum absolute atomic E-state index is 13.6. The van der Waals surface area contributed by atoms with E-state index < -0.39 is 0 Å². The Balaban J connectivity index is 1.94. The van der Waals surface area contributed by atoms with Crippen molar-refractivity contribution in [3.05, 3.63) is 35.6 Å². The Morgan fingerprint density at radius 3 is 2.80 bits per heavy atom. The summed E-state index contributed by atoms with van der Waals surface area (Å²) in [7, 11) is 0. The van der Waals surface area contributed by atoms with E-state index in [9.17, 15) is 4.39 Å². The minimum atomic E-state index is -0.0988. The van der Waals surface area contributed by atoms with Gasteiger partial charge in [-0.3, -0.25) is 0 Å². The van der Waals surface area contributed by atoms with Crippen molar-refractivity contribution in [2.45, 2.75) is 51.9 Å². The fourth-order valence-electron chi connectivity index (χ4n) is 4.73. The lowest BCUT2D eigenvalue weighted by Gasteiger charge is -2.52. The van der Waals surface area contributed by atoms with Gasteiger partial charge in [-0.05, 0) is 60.8 Å². The molecule has 0 radical (unpaired) electrons. The third-order valence-corrected chi connectivity index (χ3v) is 5.50. The van der Waals surface area contributed by atoms with Crippen molar-refractivity contribution >= 4 is 0 Å². The second-order valence-corrected chi connectivity index (χ2v) is 7.62. The Kier molecular flexibility index (Phi) is 3.62. The lowest BCUT2D eigenvalue weighted by Crippen LogP contribution is -2.47. The van der Waals surface area contributed by atoms with Crippen LogP contribution in [0, 0.1) is 16.6 Å². The SMILES string of the molecule is CC1(C)CCCC2(CCNCC2c2cccc(F)c2)C1. The molecular weight excluding hydrogens is 249 g/mol. The highest BCUT2D eigenvalue weighted by Crippen LogP contribution is 2.56. The standard InChI is InChI=1S/C18H26FN/c1-17(2)7-4-8-18(13-17)9-10-20-12-16(18)14-5-3-6-15(19)11-14/h3,5-6,11,16,20H,4,7-10,12-13H2,1-2H3. The predicted octanol–water partition coefficient (Wildman–Crippen LogP) is 4.49. The van der Waals surface area contributed by atoms with E-state index >= 15 is 0 Å². The third kappa shape index (κ3) is 2.63. The van der Waals surface area contributed by atoms with Crippen molar-refractivity contribution in [1.82, 2.24) is 5.32 Å². The first-order valence-corrected chi connectivity index (χ1v) is 7.97. The van der Waals surface area contributed by atoms with E-state index in [2.05, 4.69) is 25.2 Å². The van der Waals surface area contributed by atoms with Gasteiger partial charge in [-0.2, -0.15) is 0 Å². The molecule has 2 unspecified atom stereocenters. The number of benzene rings is 1. The molecule has 2 aliphatic rings. The Morgan fingerprint density at radius 2 is 2.05 bits per heavy atom. The largest absolute Gasteiger partial charge is 0.316 e. The predicted molar refractivity (Wildman–Crippen MR) is 81.3 cm³/mol. The molecule has 2 atom stereocenters. The average molecular weight is 275 g/mol. The first kappa shape index (κ1) is 14.1. The summed E-state index contributed by atoms with van der Waals surface area (Å²) in [5.41, 5.74) is 2.00. The lowest BCUT2D eigenvalue weighted by atomic mass is 9.55. The molecule has 1 aliphatic carbocycles. The van der Waals surface area contributed by atoms with E-state index in [1.54, 1.807) is 12.1 Å². The molecule has 2 fully saturated rings. The minimum Gasteiger partial charge on any atom is -0.316 e. The summed E-state index contributed by atoms with van der Waals surface area (Å²) in [6.45, 7) is 6.92. The van der Waals surface area contributed by atoms with E-state index in [1.165, 1.54) is 37.7 Å². The summed E-state index contributed by atoms with van der Waals surface area (Å²) < 4.78 is 13.6. The van der Waals surface area contributed by atoms with E-state index in [0.29, 0.717) is 16.7 Å². The third-order valence-electron chi connectivity index (χ3n) is 5.50. The van der Waals surface area contributed by atoms with Gasteiger partial charge in [0.15, 0.2) is 0 Å². The van der Waals surface area contributed by atoms with Crippen molar-refractivity contribution < 1.29 is 4.39 Å². The fourth-order valence-corrected chi connectivity index (χ4v) is 4.73. The monoisotopic (exact) mass is 275 g/mol. The summed E-state index contributed by atoms with van der Waals surface area (Å²) in [4.78, 5) is 0. The van der Waals surface area contributed by atoms with Crippen LogP contribution in [0.2, 0.25) is 0 Å². The molecule has 2 heteroatoms. The topological polar surface area (TPSA) is 12.0 Å². The zero-order valence-corrected chi connectivity index (χ0v) is 12.7. The summed E-state index contributed by atoms with van der Waals surface area (Å²) in [5, 5.41) is 3.53. The Morgan fingerprint density at radius 1 is 1.20 bits per heavy atom. The minimum absolute atomic E-state index is 0.0988. The van der Waals surface area contributed by atoms with Gasteiger partial charge in [-0.15, -0.1) is 0 Å². The molecule has 1 saturated carbocycles. The summed E-state index contributed by atoms with van der Waals surface area (Å²) in [6, 6.07) is 7.28. The highest BCUT2D eigenvalue weighted by atomic mass is 19.1. The molecule has 1 nitrogen and oxygen atoms in total. The van der Waals surface area contributed by atoms with Crippen molar-refractivity contribution in [3.8, 4) is 0 Å². The molecule has 1 aromatic carbocycles. The number of nitrogens with one attached hydrogen (secondary N) is 1. The number of hydrogen-bond acceptors (Lipinski definition) is 1. The van der Waals surface area contributed by atoms with Gasteiger partial charge in [0, 0.05) is 12.5 Å². The van der Waals surface area contributed by atoms with E-state index in [1.807, 2.05) is 6.07 Å². The van der Waals surface area contributed by atoms with Crippen LogP contribution >= 0.6 is 0 Å². The van der Waals surface area contributed by atoms with Crippen LogP contribution < -0.4 is 5.32 Å². The van der Waals surface area contributed by atoms with Gasteiger partial charge >= 0.3 is 0 Å². The molecule has 1 N–H and O–H groups in total. The zero-order chi connectivity index (χ0) is 14.2. The highest BCUT2D eigenvalue weighted by molar-refractivity contribution is 5.25. The number of halogens is 1. The Bertz CT molecular complexity index is 478. The highest BCUT2D eigenvalue weighted by Gasteiger charge is 2.46. The quantitative estimate of drug-likeness (QED) is 0.796. The van der Waals surface area contributed by atoms with Crippen molar-refractivity contribution in [1.29, 1.82) is 0 Å². The van der Waals surface area contributed by atoms with Gasteiger partial charge in [-0.25, -0.2) is 4.39 Å². The molecule has 0 aromatic heterocycles. The Labute approximate surface area is 122 Å². The van der Waals surface area contributed by atoms with E-state index in [4.69, 9.17) is 0 Å². The molecule has 1 spiro atoms. The first-order chi connectivity index (χ1) is 9.51. The Hall–Kier alpha value is -0.890. The normalized spacial score (nSPS) is 33.2. The molecule has 1 heterocycles. The molecule has 110 valence electrons. The average Bonchev–Trinajstić information content (AvgIpc) is 2.37. The molecule has 1 aliphatic heterocycles. The van der Waals surface area contributed by atoms with E-state index in [-0.39, 0.29) is 5.82 Å². The lowest BCUT2D eigenvalue weighted by molar-refractivity contribution is 0.0331. The van der Waals surface area contributed by atoms with Crippen LogP contribution in [0.15, 0.2) is 24.3 Å². The second-order valence-electron chi connectivity index (χ2n) is 7.62. The molecule has 0 bridgehead atoms. The molecule has 3 rings (SSSR count). The van der Waals surface area contributed by atoms with Gasteiger partial charge in [0.1, 0.15) is 5.82 Å². The smallest absolute Gasteiger partial charge is 0.123 e. The molecule has 1 aromatic rings. The van der Waals surface area contributed by atoms with Gasteiger partial charge in [0.05, 0.1) is 0 Å². The van der Waals surface area contributed by atoms with Crippen molar-refractivity contribution in [3.63, 3.8) is 0 Å². The summed E-state index contributed by atoms with van der Waals surface area (Å²) in [5.74, 6) is 0.366. The molecule has 20 heavy (non-hydrogen) atoms. The van der Waals surface area contributed by atoms with Gasteiger partial charge < -0.3 is 5.32 Å². The van der Waals surface area contributed by atoms with Crippen molar-refractivity contribution in [2.24, 2.45) is 10.8 Å². The van der Waals surface area contributed by atoms with Crippen LogP contribution in [0.25, 0.3) is 0 Å². The van der Waals surface area contributed by atoms with Crippen LogP contribution in [-0.2, 0) is 0 Å². The molecular formula is C18H26FN. The maximum Gasteiger partial charge on any atom is 0.123 e. The van der Waals surface area contributed by atoms with Crippen molar-refractivity contribution in [2.75, 3.05) is 13.1 Å². The van der Waals surface area contributed by atoms with Crippen LogP contribution in [-0.4, -0.2) is 13.1 Å². The van der Waals surface area contributed by atoms with E-state index in [0.717, 1.165) is 13.1 Å². The van der Waals surface area contributed by atoms with Crippen LogP contribution in [0.1, 0.15) is 57.4 Å². The second kappa shape index (κ2) is 5.14. The number of piperidine rings is 1. The van der Waals surface area contributed by atoms with Crippen LogP contribution in [0.5, 0.6) is 0 Å². The molecule has 1 saturated heterocycles. The van der Waals surface area contributed by atoms with Crippen LogP contribution in [0.3, 0.4) is 0 Å². The summed E-state index contributed by atoms with van der Waals surface area (Å²) >= 11 is 0. The maximum atomic E-state index is 13.6. The fraction of sp³-hybridized carbons (Fsp3) is 0.667. The zero-order valence-electron chi connectivity index (χ0n) is 12.7.